The van der Waals surface area contributed by atoms with E-state index in [9.17, 15) is 4.79 Å². The number of thiazole rings is 1. The van der Waals surface area contributed by atoms with Crippen molar-refractivity contribution in [2.45, 2.75) is 11.3 Å². The summed E-state index contributed by atoms with van der Waals surface area (Å²) in [5.41, 5.74) is 5.22. The fraction of sp³-hybridized carbons (Fsp3) is 0.167. The number of nitrogens with zero attached hydrogens (tertiary/aromatic N) is 2. The molecule has 25 heavy (non-hydrogen) atoms. The van der Waals surface area contributed by atoms with Crippen LogP contribution in [0.15, 0.2) is 58.0 Å². The van der Waals surface area contributed by atoms with Crippen LogP contribution < -0.4 is 10.2 Å². The third-order valence-electron chi connectivity index (χ3n) is 3.46. The fourth-order valence-electron chi connectivity index (χ4n) is 2.12. The number of hydrazone groups is 1. The summed E-state index contributed by atoms with van der Waals surface area (Å²) in [4.78, 5) is 16.5. The molecule has 0 radical (unpaired) electrons. The zero-order chi connectivity index (χ0) is 17.6. The van der Waals surface area contributed by atoms with Crippen LogP contribution in [0.3, 0.4) is 0 Å². The average Bonchev–Trinajstić information content (AvgIpc) is 3.07. The van der Waals surface area contributed by atoms with Crippen molar-refractivity contribution in [3.05, 3.63) is 54.1 Å². The standard InChI is InChI=1S/C18H17N3O2S2/c1-12(13-7-9-14(23-2)10-8-13)20-21-17(22)11-24-18-19-15-5-3-4-6-16(15)25-18/h3-10H,11H2,1-2H3,(H,21,22)/b20-12+. The summed E-state index contributed by atoms with van der Waals surface area (Å²) in [6, 6.07) is 15.5. The van der Waals surface area contributed by atoms with Crippen molar-refractivity contribution in [3.63, 3.8) is 0 Å². The molecule has 0 saturated carbocycles. The number of para-hydroxylation sites is 1. The van der Waals surface area contributed by atoms with Gasteiger partial charge in [0.2, 0.25) is 0 Å². The number of carbonyl (C=O) groups excluding carboxylic acids is 1. The van der Waals surface area contributed by atoms with Gasteiger partial charge in [-0.2, -0.15) is 5.10 Å². The Kier molecular flexibility index (Phi) is 5.67. The minimum atomic E-state index is -0.155. The van der Waals surface area contributed by atoms with Crippen LogP contribution in [0.2, 0.25) is 0 Å². The summed E-state index contributed by atoms with van der Waals surface area (Å²) in [5, 5.41) is 4.15. The minimum absolute atomic E-state index is 0.155. The highest BCUT2D eigenvalue weighted by molar-refractivity contribution is 8.01. The maximum atomic E-state index is 12.0. The van der Waals surface area contributed by atoms with Crippen molar-refractivity contribution in [1.82, 2.24) is 10.4 Å². The second-order valence-electron chi connectivity index (χ2n) is 5.20. The van der Waals surface area contributed by atoms with E-state index in [0.29, 0.717) is 0 Å². The topological polar surface area (TPSA) is 63.6 Å². The molecule has 128 valence electrons. The largest absolute Gasteiger partial charge is 0.497 e. The van der Waals surface area contributed by atoms with Gasteiger partial charge in [0.1, 0.15) is 5.75 Å². The van der Waals surface area contributed by atoms with Gasteiger partial charge in [-0.05, 0) is 48.9 Å². The van der Waals surface area contributed by atoms with Gasteiger partial charge in [0.15, 0.2) is 4.34 Å². The second kappa shape index (κ2) is 8.13. The second-order valence-corrected chi connectivity index (χ2v) is 7.45. The molecule has 0 bridgehead atoms. The van der Waals surface area contributed by atoms with E-state index in [2.05, 4.69) is 15.5 Å². The number of hydrogen-bond donors (Lipinski definition) is 1. The monoisotopic (exact) mass is 371 g/mol. The number of amides is 1. The van der Waals surface area contributed by atoms with Gasteiger partial charge in [0, 0.05) is 0 Å². The molecule has 5 nitrogen and oxygen atoms in total. The van der Waals surface area contributed by atoms with Gasteiger partial charge in [-0.3, -0.25) is 4.79 Å². The van der Waals surface area contributed by atoms with E-state index in [1.54, 1.807) is 18.4 Å². The van der Waals surface area contributed by atoms with Crippen LogP contribution in [0.1, 0.15) is 12.5 Å². The van der Waals surface area contributed by atoms with Crippen molar-refractivity contribution in [1.29, 1.82) is 0 Å². The molecule has 0 saturated heterocycles. The zero-order valence-electron chi connectivity index (χ0n) is 13.9. The Bertz CT molecular complexity index is 871. The summed E-state index contributed by atoms with van der Waals surface area (Å²) in [7, 11) is 1.62. The van der Waals surface area contributed by atoms with Crippen molar-refractivity contribution < 1.29 is 9.53 Å². The maximum absolute atomic E-state index is 12.0. The van der Waals surface area contributed by atoms with Gasteiger partial charge in [0.25, 0.3) is 5.91 Å². The molecule has 0 fully saturated rings. The highest BCUT2D eigenvalue weighted by atomic mass is 32.2. The first-order chi connectivity index (χ1) is 12.2. The van der Waals surface area contributed by atoms with Crippen molar-refractivity contribution in [2.24, 2.45) is 5.10 Å². The smallest absolute Gasteiger partial charge is 0.250 e. The molecule has 1 heterocycles. The van der Waals surface area contributed by atoms with Crippen molar-refractivity contribution in [3.8, 4) is 5.75 Å². The lowest BCUT2D eigenvalue weighted by Gasteiger charge is -2.04. The fourth-order valence-corrected chi connectivity index (χ4v) is 3.98. The number of benzene rings is 2. The number of thioether (sulfide) groups is 1. The molecule has 0 atom stereocenters. The van der Waals surface area contributed by atoms with E-state index in [1.165, 1.54) is 11.8 Å². The van der Waals surface area contributed by atoms with Crippen LogP contribution in [0, 0.1) is 0 Å². The van der Waals surface area contributed by atoms with E-state index >= 15 is 0 Å². The van der Waals surface area contributed by atoms with E-state index in [4.69, 9.17) is 4.74 Å². The Morgan fingerprint density at radius 3 is 2.72 bits per heavy atom. The molecule has 2 aromatic carbocycles. The number of methoxy groups -OCH3 is 1. The van der Waals surface area contributed by atoms with Gasteiger partial charge in [-0.25, -0.2) is 10.4 Å². The first kappa shape index (κ1) is 17.4. The quantitative estimate of drug-likeness (QED) is 0.405. The van der Waals surface area contributed by atoms with Gasteiger partial charge in [0.05, 0.1) is 28.8 Å². The van der Waals surface area contributed by atoms with E-state index in [1.807, 2.05) is 55.5 Å². The van der Waals surface area contributed by atoms with E-state index in [0.717, 1.165) is 31.6 Å². The summed E-state index contributed by atoms with van der Waals surface area (Å²) in [6.45, 7) is 1.85. The lowest BCUT2D eigenvalue weighted by atomic mass is 10.1. The zero-order valence-corrected chi connectivity index (χ0v) is 15.5. The van der Waals surface area contributed by atoms with Crippen LogP contribution >= 0.6 is 23.1 Å². The number of nitrogens with one attached hydrogen (secondary N) is 1. The number of carbonyl (C=O) groups is 1. The van der Waals surface area contributed by atoms with Crippen LogP contribution in [0.25, 0.3) is 10.2 Å². The number of ether oxygens (including phenoxy) is 1. The molecule has 3 aromatic rings. The molecular weight excluding hydrogens is 354 g/mol. The Hall–Kier alpha value is -2.38. The summed E-state index contributed by atoms with van der Waals surface area (Å²) < 4.78 is 7.13. The first-order valence-electron chi connectivity index (χ1n) is 7.61. The average molecular weight is 371 g/mol. The molecule has 1 amide bonds. The normalized spacial score (nSPS) is 11.5. The lowest BCUT2D eigenvalue weighted by Crippen LogP contribution is -2.21. The SMILES string of the molecule is COc1ccc(/C(C)=N/NC(=O)CSc2nc3ccccc3s2)cc1. The molecule has 0 unspecified atom stereocenters. The molecule has 1 N–H and O–H groups in total. The third kappa shape index (κ3) is 4.58. The molecule has 0 aliphatic carbocycles. The van der Waals surface area contributed by atoms with Crippen LogP contribution in [-0.4, -0.2) is 29.5 Å². The Morgan fingerprint density at radius 2 is 2.00 bits per heavy atom. The minimum Gasteiger partial charge on any atom is -0.497 e. The Balaban J connectivity index is 1.54. The summed E-state index contributed by atoms with van der Waals surface area (Å²) >= 11 is 3.00. The van der Waals surface area contributed by atoms with Gasteiger partial charge in [-0.1, -0.05) is 23.9 Å². The molecule has 7 heteroatoms. The molecule has 0 spiro atoms. The van der Waals surface area contributed by atoms with Crippen molar-refractivity contribution >= 4 is 44.9 Å². The predicted octanol–water partition coefficient (Wildman–Crippen LogP) is 3.94. The molecule has 1 aromatic heterocycles. The highest BCUT2D eigenvalue weighted by Crippen LogP contribution is 2.28. The summed E-state index contributed by atoms with van der Waals surface area (Å²) in [6.07, 6.45) is 0. The molecule has 0 aliphatic heterocycles. The van der Waals surface area contributed by atoms with Crippen LogP contribution in [0.4, 0.5) is 0 Å². The van der Waals surface area contributed by atoms with Gasteiger partial charge >= 0.3 is 0 Å². The maximum Gasteiger partial charge on any atom is 0.250 e. The first-order valence-corrected chi connectivity index (χ1v) is 9.42. The Labute approximate surface area is 154 Å². The predicted molar refractivity (Wildman–Crippen MR) is 104 cm³/mol. The number of hydrogen-bond acceptors (Lipinski definition) is 6. The number of fused-ring (bicyclic) bond motifs is 1. The molecule has 3 rings (SSSR count). The lowest BCUT2D eigenvalue weighted by molar-refractivity contribution is -0.118. The Morgan fingerprint density at radius 1 is 1.24 bits per heavy atom. The third-order valence-corrected chi connectivity index (χ3v) is 5.64. The van der Waals surface area contributed by atoms with Crippen LogP contribution in [0.5, 0.6) is 5.75 Å². The van der Waals surface area contributed by atoms with Crippen molar-refractivity contribution in [2.75, 3.05) is 12.9 Å². The van der Waals surface area contributed by atoms with E-state index in [-0.39, 0.29) is 11.7 Å². The van der Waals surface area contributed by atoms with Gasteiger partial charge < -0.3 is 4.74 Å². The summed E-state index contributed by atoms with van der Waals surface area (Å²) in [5.74, 6) is 0.907. The van der Waals surface area contributed by atoms with Gasteiger partial charge in [-0.15, -0.1) is 11.3 Å². The molecule has 0 aliphatic rings. The van der Waals surface area contributed by atoms with Crippen LogP contribution in [-0.2, 0) is 4.79 Å². The highest BCUT2D eigenvalue weighted by Gasteiger charge is 2.07. The number of aromatic nitrogens is 1. The van der Waals surface area contributed by atoms with E-state index < -0.39 is 0 Å². The molecular formula is C18H17N3O2S2. The number of rotatable bonds is 6.